The van der Waals surface area contributed by atoms with Gasteiger partial charge in [0.05, 0.1) is 0 Å². The van der Waals surface area contributed by atoms with E-state index in [1.54, 1.807) is 0 Å². The lowest BCUT2D eigenvalue weighted by Crippen LogP contribution is -2.24. The lowest BCUT2D eigenvalue weighted by atomic mass is 10.1. The number of pyridine rings is 1. The molecule has 0 spiro atoms. The number of likely N-dealkylation sites (N-methyl/N-ethyl adjacent to an activating group) is 1. The Morgan fingerprint density at radius 1 is 1.58 bits per heavy atom. The van der Waals surface area contributed by atoms with Gasteiger partial charge in [-0.05, 0) is 32.5 Å². The summed E-state index contributed by atoms with van der Waals surface area (Å²) in [6, 6.07) is 4.58. The van der Waals surface area contributed by atoms with Gasteiger partial charge in [0, 0.05) is 24.4 Å². The fourth-order valence-corrected chi connectivity index (χ4v) is 1.12. The fraction of sp³-hybridized carbons (Fsp3) is 0.500. The molecule has 1 aromatic rings. The molecular formula is C10H16N2. The van der Waals surface area contributed by atoms with Crippen LogP contribution < -0.4 is 5.32 Å². The Kier molecular flexibility index (Phi) is 3.23. The molecule has 0 saturated carbocycles. The van der Waals surface area contributed by atoms with Gasteiger partial charge in [-0.1, -0.05) is 6.07 Å². The van der Waals surface area contributed by atoms with Crippen LogP contribution in [0.3, 0.4) is 0 Å². The van der Waals surface area contributed by atoms with Crippen molar-refractivity contribution in [1.29, 1.82) is 0 Å². The van der Waals surface area contributed by atoms with Gasteiger partial charge in [0.1, 0.15) is 0 Å². The van der Waals surface area contributed by atoms with Crippen LogP contribution in [0.5, 0.6) is 0 Å². The maximum absolute atomic E-state index is 4.33. The Morgan fingerprint density at radius 2 is 2.33 bits per heavy atom. The number of hydrogen-bond acceptors (Lipinski definition) is 2. The van der Waals surface area contributed by atoms with Crippen LogP contribution in [0, 0.1) is 6.92 Å². The highest BCUT2D eigenvalue weighted by Crippen LogP contribution is 2.05. The molecule has 0 aliphatic heterocycles. The van der Waals surface area contributed by atoms with Crippen LogP contribution >= 0.6 is 0 Å². The van der Waals surface area contributed by atoms with Crippen LogP contribution in [0.4, 0.5) is 0 Å². The van der Waals surface area contributed by atoms with E-state index < -0.39 is 0 Å². The van der Waals surface area contributed by atoms with Gasteiger partial charge in [0.2, 0.25) is 0 Å². The Balaban J connectivity index is 2.69. The molecule has 1 heterocycles. The monoisotopic (exact) mass is 164 g/mol. The predicted molar refractivity (Wildman–Crippen MR) is 51.2 cm³/mol. The molecule has 0 radical (unpaired) electrons. The summed E-state index contributed by atoms with van der Waals surface area (Å²) in [4.78, 5) is 4.33. The Morgan fingerprint density at radius 3 is 2.92 bits per heavy atom. The van der Waals surface area contributed by atoms with E-state index in [1.807, 2.05) is 19.3 Å². The van der Waals surface area contributed by atoms with Crippen LogP contribution in [0.2, 0.25) is 0 Å². The molecule has 0 amide bonds. The van der Waals surface area contributed by atoms with Gasteiger partial charge in [-0.2, -0.15) is 0 Å². The molecule has 66 valence electrons. The van der Waals surface area contributed by atoms with E-state index in [1.165, 1.54) is 11.3 Å². The predicted octanol–water partition coefficient (Wildman–Crippen LogP) is 1.54. The smallest absolute Gasteiger partial charge is 0.0448 e. The normalized spacial score (nSPS) is 12.9. The molecule has 0 unspecified atom stereocenters. The highest BCUT2D eigenvalue weighted by molar-refractivity contribution is 5.18. The van der Waals surface area contributed by atoms with Gasteiger partial charge in [-0.25, -0.2) is 0 Å². The molecule has 1 atom stereocenters. The lowest BCUT2D eigenvalue weighted by Gasteiger charge is -2.10. The summed E-state index contributed by atoms with van der Waals surface area (Å²) in [6.45, 7) is 4.26. The molecule has 2 nitrogen and oxygen atoms in total. The maximum atomic E-state index is 4.33. The molecule has 1 aromatic heterocycles. The summed E-state index contributed by atoms with van der Waals surface area (Å²) in [5.74, 6) is 0. The minimum atomic E-state index is 0.499. The quantitative estimate of drug-likeness (QED) is 0.733. The van der Waals surface area contributed by atoms with E-state index >= 15 is 0 Å². The molecule has 0 aromatic carbocycles. The van der Waals surface area contributed by atoms with Crippen LogP contribution in [-0.4, -0.2) is 18.1 Å². The van der Waals surface area contributed by atoms with Crippen molar-refractivity contribution in [2.75, 3.05) is 7.05 Å². The van der Waals surface area contributed by atoms with Crippen LogP contribution in [0.1, 0.15) is 18.2 Å². The summed E-state index contributed by atoms with van der Waals surface area (Å²) in [5, 5.41) is 3.20. The van der Waals surface area contributed by atoms with Crippen molar-refractivity contribution in [2.24, 2.45) is 0 Å². The zero-order valence-electron chi connectivity index (χ0n) is 7.96. The largest absolute Gasteiger partial charge is 0.317 e. The van der Waals surface area contributed by atoms with E-state index in [2.05, 4.69) is 30.2 Å². The van der Waals surface area contributed by atoms with Gasteiger partial charge in [-0.3, -0.25) is 4.98 Å². The Bertz CT molecular complexity index is 245. The third-order valence-electron chi connectivity index (χ3n) is 2.11. The van der Waals surface area contributed by atoms with Crippen molar-refractivity contribution >= 4 is 0 Å². The SMILES string of the molecule is CN[C@H](C)Cc1ncccc1C. The number of hydrogen-bond donors (Lipinski definition) is 1. The molecule has 0 bridgehead atoms. The molecule has 0 fully saturated rings. The Hall–Kier alpha value is -0.890. The number of rotatable bonds is 3. The highest BCUT2D eigenvalue weighted by atomic mass is 14.9. The number of nitrogens with zero attached hydrogens (tertiary/aromatic N) is 1. The number of aryl methyl sites for hydroxylation is 1. The summed E-state index contributed by atoms with van der Waals surface area (Å²) < 4.78 is 0. The van der Waals surface area contributed by atoms with Crippen LogP contribution in [0.15, 0.2) is 18.3 Å². The van der Waals surface area contributed by atoms with Crippen molar-refractivity contribution in [1.82, 2.24) is 10.3 Å². The third-order valence-corrected chi connectivity index (χ3v) is 2.11. The van der Waals surface area contributed by atoms with Gasteiger partial charge >= 0.3 is 0 Å². The van der Waals surface area contributed by atoms with Crippen molar-refractivity contribution in [2.45, 2.75) is 26.3 Å². The topological polar surface area (TPSA) is 24.9 Å². The molecular weight excluding hydrogens is 148 g/mol. The zero-order valence-corrected chi connectivity index (χ0v) is 7.96. The fourth-order valence-electron chi connectivity index (χ4n) is 1.12. The molecule has 0 aliphatic carbocycles. The summed E-state index contributed by atoms with van der Waals surface area (Å²) in [5.41, 5.74) is 2.47. The van der Waals surface area contributed by atoms with Gasteiger partial charge in [0.15, 0.2) is 0 Å². The third kappa shape index (κ3) is 2.31. The average Bonchev–Trinajstić information content (AvgIpc) is 2.09. The molecule has 0 aliphatic rings. The first kappa shape index (κ1) is 9.20. The molecule has 12 heavy (non-hydrogen) atoms. The van der Waals surface area contributed by atoms with E-state index in [-0.39, 0.29) is 0 Å². The van der Waals surface area contributed by atoms with Crippen molar-refractivity contribution in [3.8, 4) is 0 Å². The molecule has 1 rings (SSSR count). The standard InChI is InChI=1S/C10H16N2/c1-8-5-4-6-12-10(8)7-9(2)11-3/h4-6,9,11H,7H2,1-3H3/t9-/m1/s1. The second kappa shape index (κ2) is 4.21. The van der Waals surface area contributed by atoms with Crippen molar-refractivity contribution < 1.29 is 0 Å². The van der Waals surface area contributed by atoms with Gasteiger partial charge in [-0.15, -0.1) is 0 Å². The van der Waals surface area contributed by atoms with Crippen molar-refractivity contribution in [3.63, 3.8) is 0 Å². The first-order valence-corrected chi connectivity index (χ1v) is 4.31. The van der Waals surface area contributed by atoms with E-state index in [9.17, 15) is 0 Å². The van der Waals surface area contributed by atoms with Crippen LogP contribution in [0.25, 0.3) is 0 Å². The van der Waals surface area contributed by atoms with Crippen LogP contribution in [-0.2, 0) is 6.42 Å². The van der Waals surface area contributed by atoms with E-state index in [0.29, 0.717) is 6.04 Å². The molecule has 0 saturated heterocycles. The van der Waals surface area contributed by atoms with Gasteiger partial charge < -0.3 is 5.32 Å². The summed E-state index contributed by atoms with van der Waals surface area (Å²) in [6.07, 6.45) is 2.86. The second-order valence-corrected chi connectivity index (χ2v) is 3.16. The van der Waals surface area contributed by atoms with E-state index in [4.69, 9.17) is 0 Å². The summed E-state index contributed by atoms with van der Waals surface area (Å²) >= 11 is 0. The van der Waals surface area contributed by atoms with Crippen molar-refractivity contribution in [3.05, 3.63) is 29.6 Å². The number of aromatic nitrogens is 1. The first-order chi connectivity index (χ1) is 5.74. The minimum absolute atomic E-state index is 0.499. The maximum Gasteiger partial charge on any atom is 0.0448 e. The average molecular weight is 164 g/mol. The second-order valence-electron chi connectivity index (χ2n) is 3.16. The minimum Gasteiger partial charge on any atom is -0.317 e. The molecule has 1 N–H and O–H groups in total. The number of nitrogens with one attached hydrogen (secondary N) is 1. The molecule has 2 heteroatoms. The Labute approximate surface area is 74.0 Å². The summed E-state index contributed by atoms with van der Waals surface area (Å²) in [7, 11) is 1.98. The first-order valence-electron chi connectivity index (χ1n) is 4.31. The zero-order chi connectivity index (χ0) is 8.97. The van der Waals surface area contributed by atoms with Gasteiger partial charge in [0.25, 0.3) is 0 Å². The van der Waals surface area contributed by atoms with E-state index in [0.717, 1.165) is 6.42 Å². The lowest BCUT2D eigenvalue weighted by molar-refractivity contribution is 0.599. The highest BCUT2D eigenvalue weighted by Gasteiger charge is 2.03.